The van der Waals surface area contributed by atoms with Crippen LogP contribution in [-0.2, 0) is 0 Å². The van der Waals surface area contributed by atoms with E-state index < -0.39 is 0 Å². The molecule has 4 heteroatoms. The summed E-state index contributed by atoms with van der Waals surface area (Å²) in [6, 6.07) is 0. The number of aromatic nitrogens is 2. The number of fused-ring (bicyclic) bond motifs is 1. The van der Waals surface area contributed by atoms with Crippen molar-refractivity contribution in [1.82, 2.24) is 9.97 Å². The highest BCUT2D eigenvalue weighted by atomic mass is 15.1. The molecule has 1 N–H and O–H groups in total. The fraction of sp³-hybridized carbons (Fsp3) is 0.545. The Labute approximate surface area is 89.9 Å². The monoisotopic (exact) mass is 204 g/mol. The predicted octanol–water partition coefficient (Wildman–Crippen LogP) is 2.23. The second-order valence-electron chi connectivity index (χ2n) is 3.72. The van der Waals surface area contributed by atoms with Gasteiger partial charge in [0.15, 0.2) is 5.82 Å². The zero-order chi connectivity index (χ0) is 10.5. The molecule has 2 rings (SSSR count). The van der Waals surface area contributed by atoms with Crippen LogP contribution in [0.5, 0.6) is 0 Å². The smallest absolute Gasteiger partial charge is 0.155 e. The fourth-order valence-corrected chi connectivity index (χ4v) is 1.64. The van der Waals surface area contributed by atoms with Crippen molar-refractivity contribution in [1.29, 1.82) is 0 Å². The molecule has 0 saturated heterocycles. The van der Waals surface area contributed by atoms with E-state index in [2.05, 4.69) is 27.2 Å². The van der Waals surface area contributed by atoms with Crippen LogP contribution in [0.25, 0.3) is 0 Å². The number of nitrogens with zero attached hydrogens (tertiary/aromatic N) is 3. The normalized spacial score (nSPS) is 18.3. The average molecular weight is 204 g/mol. The molecule has 1 aliphatic heterocycles. The van der Waals surface area contributed by atoms with E-state index in [1.165, 1.54) is 19.3 Å². The number of aliphatic imine (C=N–C) groups is 1. The maximum Gasteiger partial charge on any atom is 0.155 e. The van der Waals surface area contributed by atoms with Gasteiger partial charge >= 0.3 is 0 Å². The molecule has 0 spiro atoms. The van der Waals surface area contributed by atoms with E-state index in [1.807, 2.05) is 6.21 Å². The molecule has 4 nitrogen and oxygen atoms in total. The standard InChI is InChI=1S/C11H16N4/c1-2-3-4-5-10-14-8-9-11(15-10)13-7-6-12-9/h6-8,10H,2-5H2,1H3,(H,13,15). The zero-order valence-electron chi connectivity index (χ0n) is 8.98. The van der Waals surface area contributed by atoms with Gasteiger partial charge in [-0.1, -0.05) is 19.8 Å². The molecule has 0 bridgehead atoms. The lowest BCUT2D eigenvalue weighted by Crippen LogP contribution is -2.23. The van der Waals surface area contributed by atoms with E-state index in [-0.39, 0.29) is 6.17 Å². The number of unbranched alkanes of at least 4 members (excludes halogenated alkanes) is 2. The van der Waals surface area contributed by atoms with Crippen molar-refractivity contribution in [3.63, 3.8) is 0 Å². The van der Waals surface area contributed by atoms with Crippen LogP contribution in [0.4, 0.5) is 5.82 Å². The molecule has 1 unspecified atom stereocenters. The Morgan fingerprint density at radius 1 is 1.27 bits per heavy atom. The first-order valence-electron chi connectivity index (χ1n) is 5.51. The third kappa shape index (κ3) is 2.52. The van der Waals surface area contributed by atoms with E-state index in [0.717, 1.165) is 17.9 Å². The van der Waals surface area contributed by atoms with Gasteiger partial charge in [-0.25, -0.2) is 9.97 Å². The minimum Gasteiger partial charge on any atom is -0.347 e. The van der Waals surface area contributed by atoms with Crippen molar-refractivity contribution in [3.05, 3.63) is 18.1 Å². The van der Waals surface area contributed by atoms with Crippen molar-refractivity contribution in [2.75, 3.05) is 5.32 Å². The number of anilines is 1. The Hall–Kier alpha value is -1.45. The predicted molar refractivity (Wildman–Crippen MR) is 61.2 cm³/mol. The number of hydrogen-bond donors (Lipinski definition) is 1. The summed E-state index contributed by atoms with van der Waals surface area (Å²) in [6.45, 7) is 2.21. The van der Waals surface area contributed by atoms with E-state index in [1.54, 1.807) is 12.4 Å². The molecular formula is C11H16N4. The molecule has 2 heterocycles. The summed E-state index contributed by atoms with van der Waals surface area (Å²) in [5, 5.41) is 3.28. The van der Waals surface area contributed by atoms with Crippen LogP contribution in [0, 0.1) is 0 Å². The van der Waals surface area contributed by atoms with Gasteiger partial charge in [0.25, 0.3) is 0 Å². The summed E-state index contributed by atoms with van der Waals surface area (Å²) in [5.41, 5.74) is 0.837. The Morgan fingerprint density at radius 3 is 3.00 bits per heavy atom. The molecule has 0 radical (unpaired) electrons. The van der Waals surface area contributed by atoms with Gasteiger partial charge in [-0.3, -0.25) is 4.99 Å². The van der Waals surface area contributed by atoms with Crippen molar-refractivity contribution >= 4 is 12.0 Å². The Balaban J connectivity index is 1.94. The summed E-state index contributed by atoms with van der Waals surface area (Å²) in [7, 11) is 0. The lowest BCUT2D eigenvalue weighted by molar-refractivity contribution is 0.598. The van der Waals surface area contributed by atoms with E-state index >= 15 is 0 Å². The molecule has 0 aromatic carbocycles. The third-order valence-corrected chi connectivity index (χ3v) is 2.49. The van der Waals surface area contributed by atoms with Gasteiger partial charge in [0, 0.05) is 12.4 Å². The largest absolute Gasteiger partial charge is 0.347 e. The summed E-state index contributed by atoms with van der Waals surface area (Å²) < 4.78 is 0. The molecule has 0 fully saturated rings. The Morgan fingerprint density at radius 2 is 2.13 bits per heavy atom. The van der Waals surface area contributed by atoms with Gasteiger partial charge < -0.3 is 5.32 Å². The molecule has 1 aromatic rings. The van der Waals surface area contributed by atoms with Crippen LogP contribution < -0.4 is 5.32 Å². The van der Waals surface area contributed by atoms with Gasteiger partial charge in [0.05, 0.1) is 6.21 Å². The van der Waals surface area contributed by atoms with Crippen LogP contribution >= 0.6 is 0 Å². The molecule has 0 aliphatic carbocycles. The SMILES string of the molecule is CCCCCC1N=Cc2nccnc2N1. The topological polar surface area (TPSA) is 50.2 Å². The number of nitrogens with one attached hydrogen (secondary N) is 1. The highest BCUT2D eigenvalue weighted by Gasteiger charge is 2.14. The van der Waals surface area contributed by atoms with Gasteiger partial charge in [-0.2, -0.15) is 0 Å². The van der Waals surface area contributed by atoms with Crippen LogP contribution in [0.2, 0.25) is 0 Å². The van der Waals surface area contributed by atoms with Crippen molar-refractivity contribution < 1.29 is 0 Å². The van der Waals surface area contributed by atoms with E-state index in [4.69, 9.17) is 0 Å². The molecular weight excluding hydrogens is 188 g/mol. The highest BCUT2D eigenvalue weighted by molar-refractivity contribution is 5.85. The molecule has 1 aromatic heterocycles. The maximum atomic E-state index is 4.40. The highest BCUT2D eigenvalue weighted by Crippen LogP contribution is 2.16. The Kier molecular flexibility index (Phi) is 3.27. The van der Waals surface area contributed by atoms with Crippen molar-refractivity contribution in [3.8, 4) is 0 Å². The molecule has 0 saturated carbocycles. The molecule has 15 heavy (non-hydrogen) atoms. The summed E-state index contributed by atoms with van der Waals surface area (Å²) in [5.74, 6) is 0.856. The van der Waals surface area contributed by atoms with Crippen molar-refractivity contribution in [2.24, 2.45) is 4.99 Å². The van der Waals surface area contributed by atoms with Crippen LogP contribution in [0.15, 0.2) is 17.4 Å². The fourth-order valence-electron chi connectivity index (χ4n) is 1.64. The van der Waals surface area contributed by atoms with Crippen molar-refractivity contribution in [2.45, 2.75) is 38.8 Å². The first kappa shape index (κ1) is 10.1. The average Bonchev–Trinajstić information content (AvgIpc) is 2.29. The Bertz CT molecular complexity index is 348. The number of rotatable bonds is 4. The van der Waals surface area contributed by atoms with Gasteiger partial charge in [0.2, 0.25) is 0 Å². The van der Waals surface area contributed by atoms with E-state index in [0.29, 0.717) is 0 Å². The second kappa shape index (κ2) is 4.87. The molecule has 0 amide bonds. The minimum absolute atomic E-state index is 0.181. The maximum absolute atomic E-state index is 4.40. The quantitative estimate of drug-likeness (QED) is 0.765. The lowest BCUT2D eigenvalue weighted by Gasteiger charge is -2.19. The minimum atomic E-state index is 0.181. The molecule has 80 valence electrons. The summed E-state index contributed by atoms with van der Waals surface area (Å²) in [4.78, 5) is 12.8. The first-order chi connectivity index (χ1) is 7.40. The first-order valence-corrected chi connectivity index (χ1v) is 5.51. The molecule has 1 atom stereocenters. The van der Waals surface area contributed by atoms with Crippen LogP contribution in [0.1, 0.15) is 38.3 Å². The van der Waals surface area contributed by atoms with Gasteiger partial charge in [-0.15, -0.1) is 0 Å². The van der Waals surface area contributed by atoms with E-state index in [9.17, 15) is 0 Å². The van der Waals surface area contributed by atoms with Gasteiger partial charge in [0.1, 0.15) is 11.9 Å². The lowest BCUT2D eigenvalue weighted by atomic mass is 10.1. The summed E-state index contributed by atoms with van der Waals surface area (Å²) >= 11 is 0. The zero-order valence-corrected chi connectivity index (χ0v) is 8.98. The van der Waals surface area contributed by atoms with Crippen LogP contribution in [-0.4, -0.2) is 22.3 Å². The van der Waals surface area contributed by atoms with Crippen LogP contribution in [0.3, 0.4) is 0 Å². The van der Waals surface area contributed by atoms with Gasteiger partial charge in [-0.05, 0) is 12.8 Å². The second-order valence-corrected chi connectivity index (χ2v) is 3.72. The third-order valence-electron chi connectivity index (χ3n) is 2.49. The molecule has 1 aliphatic rings. The number of hydrogen-bond acceptors (Lipinski definition) is 4. The summed E-state index contributed by atoms with van der Waals surface area (Å²) in [6.07, 6.45) is 10.2.